The van der Waals surface area contributed by atoms with Gasteiger partial charge in [-0.05, 0) is 17.5 Å². The number of likely N-dealkylation sites (N-methyl/N-ethyl adjacent to an activating group) is 1. The van der Waals surface area contributed by atoms with Crippen molar-refractivity contribution in [2.75, 3.05) is 11.9 Å². The molecular formula is C12H15NO2. The molecule has 3 nitrogen and oxygen atoms in total. The maximum Gasteiger partial charge on any atom is 0.260 e. The second-order valence-corrected chi connectivity index (χ2v) is 4.27. The van der Waals surface area contributed by atoms with Crippen molar-refractivity contribution in [3.63, 3.8) is 0 Å². The van der Waals surface area contributed by atoms with Gasteiger partial charge in [0.15, 0.2) is 6.10 Å². The molecule has 1 atom stereocenters. The van der Waals surface area contributed by atoms with E-state index >= 15 is 0 Å². The van der Waals surface area contributed by atoms with Gasteiger partial charge >= 0.3 is 0 Å². The number of rotatable bonds is 1. The van der Waals surface area contributed by atoms with Gasteiger partial charge in [0.2, 0.25) is 0 Å². The molecule has 80 valence electrons. The lowest BCUT2D eigenvalue weighted by atomic mass is 9.99. The zero-order valence-electron chi connectivity index (χ0n) is 9.19. The van der Waals surface area contributed by atoms with E-state index in [9.17, 15) is 9.90 Å². The highest BCUT2D eigenvalue weighted by Gasteiger charge is 2.33. The summed E-state index contributed by atoms with van der Waals surface area (Å²) in [6.07, 6.45) is -0.983. The molecule has 1 aliphatic heterocycles. The minimum Gasteiger partial charge on any atom is -0.378 e. The Bertz CT molecular complexity index is 412. The summed E-state index contributed by atoms with van der Waals surface area (Å²) in [5, 5.41) is 9.74. The molecular weight excluding hydrogens is 190 g/mol. The first-order valence-electron chi connectivity index (χ1n) is 5.12. The van der Waals surface area contributed by atoms with Gasteiger partial charge in [-0.1, -0.05) is 26.0 Å². The van der Waals surface area contributed by atoms with Crippen LogP contribution < -0.4 is 4.90 Å². The van der Waals surface area contributed by atoms with Crippen molar-refractivity contribution in [2.24, 2.45) is 0 Å². The number of carbonyl (C=O) groups excluding carboxylic acids is 1. The molecule has 1 N–H and O–H groups in total. The van der Waals surface area contributed by atoms with E-state index in [1.165, 1.54) is 4.90 Å². The number of carbonyl (C=O) groups is 1. The first-order valence-corrected chi connectivity index (χ1v) is 5.12. The van der Waals surface area contributed by atoms with Crippen molar-refractivity contribution in [3.8, 4) is 0 Å². The number of amides is 1. The van der Waals surface area contributed by atoms with Gasteiger partial charge in [0.05, 0.1) is 0 Å². The van der Waals surface area contributed by atoms with Crippen LogP contribution in [0, 0.1) is 0 Å². The lowest BCUT2D eigenvalue weighted by Gasteiger charge is -2.11. The molecule has 0 saturated carbocycles. The van der Waals surface area contributed by atoms with Gasteiger partial charge in [0, 0.05) is 18.3 Å². The number of anilines is 1. The van der Waals surface area contributed by atoms with Crippen molar-refractivity contribution in [3.05, 3.63) is 29.3 Å². The lowest BCUT2D eigenvalue weighted by Crippen LogP contribution is -2.23. The Kier molecular flexibility index (Phi) is 2.27. The third-order valence-corrected chi connectivity index (χ3v) is 2.94. The predicted molar refractivity (Wildman–Crippen MR) is 58.9 cm³/mol. The van der Waals surface area contributed by atoms with E-state index in [1.54, 1.807) is 7.05 Å². The molecule has 0 radical (unpaired) electrons. The maximum absolute atomic E-state index is 11.5. The molecule has 1 aromatic rings. The maximum atomic E-state index is 11.5. The molecule has 3 heteroatoms. The molecule has 0 aliphatic carbocycles. The summed E-state index contributed by atoms with van der Waals surface area (Å²) in [5.41, 5.74) is 2.70. The number of aliphatic hydroxyl groups is 1. The molecule has 0 spiro atoms. The average Bonchev–Trinajstić information content (AvgIpc) is 2.44. The van der Waals surface area contributed by atoms with E-state index in [0.717, 1.165) is 16.8 Å². The molecule has 1 aliphatic rings. The lowest BCUT2D eigenvalue weighted by molar-refractivity contribution is -0.125. The van der Waals surface area contributed by atoms with Crippen LogP contribution in [-0.4, -0.2) is 18.1 Å². The Hall–Kier alpha value is -1.35. The fourth-order valence-corrected chi connectivity index (χ4v) is 1.89. The van der Waals surface area contributed by atoms with Gasteiger partial charge in [0.25, 0.3) is 5.91 Å². The zero-order chi connectivity index (χ0) is 11.2. The molecule has 1 aromatic carbocycles. The third kappa shape index (κ3) is 1.43. The van der Waals surface area contributed by atoms with Crippen molar-refractivity contribution < 1.29 is 9.90 Å². The van der Waals surface area contributed by atoms with Crippen LogP contribution in [0.5, 0.6) is 0 Å². The van der Waals surface area contributed by atoms with Gasteiger partial charge in [-0.3, -0.25) is 4.79 Å². The van der Waals surface area contributed by atoms with Crippen LogP contribution in [0.1, 0.15) is 37.0 Å². The summed E-state index contributed by atoms with van der Waals surface area (Å²) in [7, 11) is 1.69. The monoisotopic (exact) mass is 205 g/mol. The first kappa shape index (κ1) is 10.2. The predicted octanol–water partition coefficient (Wildman–Crippen LogP) is 1.82. The Balaban J connectivity index is 2.51. The highest BCUT2D eigenvalue weighted by atomic mass is 16.3. The fourth-order valence-electron chi connectivity index (χ4n) is 1.89. The SMILES string of the molecule is CC(C)c1ccc2c(c1)C(O)C(=O)N2C. The minimum atomic E-state index is -0.983. The van der Waals surface area contributed by atoms with Gasteiger partial charge < -0.3 is 10.0 Å². The molecule has 15 heavy (non-hydrogen) atoms. The Morgan fingerprint density at radius 3 is 2.67 bits per heavy atom. The van der Waals surface area contributed by atoms with Crippen LogP contribution in [0.4, 0.5) is 5.69 Å². The molecule has 0 aromatic heterocycles. The van der Waals surface area contributed by atoms with Crippen molar-refractivity contribution in [1.82, 2.24) is 0 Å². The van der Waals surface area contributed by atoms with Gasteiger partial charge in [-0.15, -0.1) is 0 Å². The Morgan fingerprint density at radius 2 is 2.07 bits per heavy atom. The third-order valence-electron chi connectivity index (χ3n) is 2.94. The van der Waals surface area contributed by atoms with Gasteiger partial charge in [0.1, 0.15) is 0 Å². The van der Waals surface area contributed by atoms with Crippen LogP contribution in [0.15, 0.2) is 18.2 Å². The number of hydrogen-bond acceptors (Lipinski definition) is 2. The molecule has 1 amide bonds. The smallest absolute Gasteiger partial charge is 0.260 e. The van der Waals surface area contributed by atoms with Crippen LogP contribution in [-0.2, 0) is 4.79 Å². The van der Waals surface area contributed by atoms with Crippen LogP contribution >= 0.6 is 0 Å². The van der Waals surface area contributed by atoms with Crippen LogP contribution in [0.25, 0.3) is 0 Å². The summed E-state index contributed by atoms with van der Waals surface area (Å²) in [4.78, 5) is 13.0. The van der Waals surface area contributed by atoms with Gasteiger partial charge in [-0.2, -0.15) is 0 Å². The molecule has 0 saturated heterocycles. The summed E-state index contributed by atoms with van der Waals surface area (Å²) in [6.45, 7) is 4.18. The first-order chi connectivity index (χ1) is 7.02. The highest BCUT2D eigenvalue weighted by molar-refractivity contribution is 6.03. The number of fused-ring (bicyclic) bond motifs is 1. The normalized spacial score (nSPS) is 19.9. The molecule has 2 rings (SSSR count). The molecule has 0 bridgehead atoms. The van der Waals surface area contributed by atoms with Crippen LogP contribution in [0.3, 0.4) is 0 Å². The molecule has 1 unspecified atom stereocenters. The largest absolute Gasteiger partial charge is 0.378 e. The summed E-state index contributed by atoms with van der Waals surface area (Å²) in [6, 6.07) is 5.83. The summed E-state index contributed by atoms with van der Waals surface area (Å²) < 4.78 is 0. The number of benzene rings is 1. The number of nitrogens with zero attached hydrogens (tertiary/aromatic N) is 1. The summed E-state index contributed by atoms with van der Waals surface area (Å²) in [5.74, 6) is 0.161. The van der Waals surface area contributed by atoms with Crippen molar-refractivity contribution >= 4 is 11.6 Å². The summed E-state index contributed by atoms with van der Waals surface area (Å²) >= 11 is 0. The van der Waals surface area contributed by atoms with E-state index < -0.39 is 6.10 Å². The molecule has 0 fully saturated rings. The highest BCUT2D eigenvalue weighted by Crippen LogP contribution is 2.36. The Labute approximate surface area is 89.3 Å². The standard InChI is InChI=1S/C12H15NO2/c1-7(2)8-4-5-10-9(6-8)11(14)12(15)13(10)3/h4-7,11,14H,1-3H3. The van der Waals surface area contributed by atoms with Crippen LogP contribution in [0.2, 0.25) is 0 Å². The van der Waals surface area contributed by atoms with Crippen molar-refractivity contribution in [2.45, 2.75) is 25.9 Å². The van der Waals surface area contributed by atoms with E-state index in [-0.39, 0.29) is 5.91 Å². The van der Waals surface area contributed by atoms with E-state index in [0.29, 0.717) is 5.92 Å². The topological polar surface area (TPSA) is 40.5 Å². The van der Waals surface area contributed by atoms with Gasteiger partial charge in [-0.25, -0.2) is 0 Å². The fraction of sp³-hybridized carbons (Fsp3) is 0.417. The van der Waals surface area contributed by atoms with E-state index in [2.05, 4.69) is 13.8 Å². The minimum absolute atomic E-state index is 0.245. The quantitative estimate of drug-likeness (QED) is 0.759. The second-order valence-electron chi connectivity index (χ2n) is 4.27. The van der Waals surface area contributed by atoms with Crippen molar-refractivity contribution in [1.29, 1.82) is 0 Å². The van der Waals surface area contributed by atoms with E-state index in [1.807, 2.05) is 18.2 Å². The number of hydrogen-bond donors (Lipinski definition) is 1. The van der Waals surface area contributed by atoms with E-state index in [4.69, 9.17) is 0 Å². The number of aliphatic hydroxyl groups excluding tert-OH is 1. The zero-order valence-corrected chi connectivity index (χ0v) is 9.19. The molecule has 1 heterocycles. The second kappa shape index (κ2) is 3.35. The Morgan fingerprint density at radius 1 is 1.40 bits per heavy atom. The average molecular weight is 205 g/mol.